The van der Waals surface area contributed by atoms with E-state index in [1.54, 1.807) is 12.1 Å². The number of aromatic nitrogens is 1. The van der Waals surface area contributed by atoms with Crippen LogP contribution < -0.4 is 10.3 Å². The molecule has 1 heterocycles. The summed E-state index contributed by atoms with van der Waals surface area (Å²) in [6.45, 7) is 0.555. The zero-order valence-electron chi connectivity index (χ0n) is 15.5. The molecule has 0 aliphatic carbocycles. The van der Waals surface area contributed by atoms with Crippen molar-refractivity contribution >= 4 is 16.6 Å². The summed E-state index contributed by atoms with van der Waals surface area (Å²) in [4.78, 5) is 23.9. The first kappa shape index (κ1) is 18.4. The highest BCUT2D eigenvalue weighted by Gasteiger charge is 2.15. The molecule has 0 unspecified atom stereocenters. The van der Waals surface area contributed by atoms with Gasteiger partial charge in [0, 0.05) is 17.5 Å². The van der Waals surface area contributed by atoms with E-state index >= 15 is 0 Å². The van der Waals surface area contributed by atoms with Crippen molar-refractivity contribution in [1.29, 1.82) is 0 Å². The van der Waals surface area contributed by atoms with Crippen LogP contribution in [0, 0.1) is 10.1 Å². The van der Waals surface area contributed by atoms with Crippen LogP contribution in [-0.4, -0.2) is 9.49 Å². The maximum atomic E-state index is 13.2. The van der Waals surface area contributed by atoms with E-state index in [9.17, 15) is 14.9 Å². The Morgan fingerprint density at radius 1 is 0.862 bits per heavy atom. The van der Waals surface area contributed by atoms with E-state index in [2.05, 4.69) is 0 Å². The predicted octanol–water partition coefficient (Wildman–Crippen LogP) is 4.54. The van der Waals surface area contributed by atoms with Crippen molar-refractivity contribution in [2.24, 2.45) is 0 Å². The second-order valence-electron chi connectivity index (χ2n) is 6.66. The number of ether oxygens (including phenoxy) is 1. The lowest BCUT2D eigenvalue weighted by molar-refractivity contribution is -0.384. The van der Waals surface area contributed by atoms with Gasteiger partial charge in [-0.1, -0.05) is 60.7 Å². The van der Waals surface area contributed by atoms with Crippen molar-refractivity contribution in [3.8, 4) is 5.75 Å². The van der Waals surface area contributed by atoms with Crippen LogP contribution in [0.4, 0.5) is 5.69 Å². The maximum Gasteiger partial charge on any atom is 0.293 e. The van der Waals surface area contributed by atoms with Crippen LogP contribution in [-0.2, 0) is 13.2 Å². The molecule has 0 saturated carbocycles. The van der Waals surface area contributed by atoms with Crippen LogP contribution >= 0.6 is 0 Å². The average molecular weight is 386 g/mol. The van der Waals surface area contributed by atoms with Crippen LogP contribution in [0.2, 0.25) is 0 Å². The lowest BCUT2D eigenvalue weighted by Crippen LogP contribution is -2.23. The smallest absolute Gasteiger partial charge is 0.293 e. The molecule has 6 nitrogen and oxygen atoms in total. The quantitative estimate of drug-likeness (QED) is 0.360. The number of nitro groups is 1. The van der Waals surface area contributed by atoms with Gasteiger partial charge in [-0.2, -0.15) is 0 Å². The molecular weight excluding hydrogens is 368 g/mol. The van der Waals surface area contributed by atoms with Crippen LogP contribution in [0.1, 0.15) is 11.1 Å². The normalized spacial score (nSPS) is 10.8. The first-order valence-corrected chi connectivity index (χ1v) is 9.14. The van der Waals surface area contributed by atoms with Gasteiger partial charge >= 0.3 is 0 Å². The van der Waals surface area contributed by atoms with Gasteiger partial charge in [-0.05, 0) is 23.3 Å². The lowest BCUT2D eigenvalue weighted by atomic mass is 10.1. The minimum absolute atomic E-state index is 0.0586. The second kappa shape index (κ2) is 7.98. The Morgan fingerprint density at radius 2 is 1.52 bits per heavy atom. The molecular formula is C23H18N2O4. The van der Waals surface area contributed by atoms with Gasteiger partial charge in [-0.25, -0.2) is 0 Å². The van der Waals surface area contributed by atoms with E-state index in [0.29, 0.717) is 17.4 Å². The number of nitro benzene ring substituents is 1. The van der Waals surface area contributed by atoms with Crippen molar-refractivity contribution in [2.45, 2.75) is 13.2 Å². The van der Waals surface area contributed by atoms with Crippen LogP contribution in [0.25, 0.3) is 10.9 Å². The highest BCUT2D eigenvalue weighted by molar-refractivity contribution is 5.82. The van der Waals surface area contributed by atoms with Gasteiger partial charge in [0.25, 0.3) is 11.2 Å². The van der Waals surface area contributed by atoms with E-state index in [1.165, 1.54) is 16.7 Å². The number of hydrogen-bond donors (Lipinski definition) is 0. The number of rotatable bonds is 6. The minimum Gasteiger partial charge on any atom is -0.483 e. The molecule has 29 heavy (non-hydrogen) atoms. The van der Waals surface area contributed by atoms with Crippen LogP contribution in [0.5, 0.6) is 5.75 Å². The summed E-state index contributed by atoms with van der Waals surface area (Å²) in [5.74, 6) is 0.214. The third-order valence-corrected chi connectivity index (χ3v) is 4.68. The molecule has 0 atom stereocenters. The zero-order chi connectivity index (χ0) is 20.2. The van der Waals surface area contributed by atoms with Gasteiger partial charge < -0.3 is 9.30 Å². The third kappa shape index (κ3) is 4.01. The molecule has 0 bridgehead atoms. The van der Waals surface area contributed by atoms with Crippen molar-refractivity contribution in [2.75, 3.05) is 0 Å². The fraction of sp³-hybridized carbons (Fsp3) is 0.0870. The zero-order valence-corrected chi connectivity index (χ0v) is 15.5. The summed E-state index contributed by atoms with van der Waals surface area (Å²) in [5, 5.41) is 11.9. The van der Waals surface area contributed by atoms with Crippen molar-refractivity contribution in [3.05, 3.63) is 117 Å². The molecule has 3 aromatic carbocycles. The number of benzene rings is 3. The molecule has 144 valence electrons. The molecule has 1 aromatic heterocycles. The molecule has 4 rings (SSSR count). The van der Waals surface area contributed by atoms with Gasteiger partial charge in [0.1, 0.15) is 6.61 Å². The van der Waals surface area contributed by atoms with Gasteiger partial charge in [-0.15, -0.1) is 0 Å². The third-order valence-electron chi connectivity index (χ3n) is 4.68. The summed E-state index contributed by atoms with van der Waals surface area (Å²) in [6, 6.07) is 25.2. The molecule has 4 aromatic rings. The molecule has 0 aliphatic heterocycles. The van der Waals surface area contributed by atoms with E-state index in [4.69, 9.17) is 4.74 Å². The molecule has 0 amide bonds. The van der Waals surface area contributed by atoms with Crippen LogP contribution in [0.3, 0.4) is 0 Å². The summed E-state index contributed by atoms with van der Waals surface area (Å²) < 4.78 is 7.35. The number of fused-ring (bicyclic) bond motifs is 1. The molecule has 0 saturated heterocycles. The van der Waals surface area contributed by atoms with Gasteiger partial charge in [0.15, 0.2) is 5.75 Å². The summed E-state index contributed by atoms with van der Waals surface area (Å²) >= 11 is 0. The Balaban J connectivity index is 1.80. The molecule has 0 N–H and O–H groups in total. The maximum absolute atomic E-state index is 13.2. The summed E-state index contributed by atoms with van der Waals surface area (Å²) in [7, 11) is 0. The van der Waals surface area contributed by atoms with E-state index in [-0.39, 0.29) is 23.6 Å². The molecule has 0 radical (unpaired) electrons. The Morgan fingerprint density at radius 3 is 2.17 bits per heavy atom. The topological polar surface area (TPSA) is 74.4 Å². The van der Waals surface area contributed by atoms with Crippen LogP contribution in [0.15, 0.2) is 89.7 Å². The number of nitrogens with zero attached hydrogens (tertiary/aromatic N) is 2. The van der Waals surface area contributed by atoms with Crippen molar-refractivity contribution < 1.29 is 9.66 Å². The van der Waals surface area contributed by atoms with Gasteiger partial charge in [0.05, 0.1) is 17.0 Å². The summed E-state index contributed by atoms with van der Waals surface area (Å²) in [5.41, 5.74) is 1.99. The standard InChI is InChI=1S/C23H18N2O4/c26-23-22(29-16-18-9-5-2-6-10-18)13-19-11-12-20(25(27)28)14-21(19)24(23)15-17-7-3-1-4-8-17/h1-14H,15-16H2. The second-order valence-corrected chi connectivity index (χ2v) is 6.66. The Hall–Kier alpha value is -3.93. The van der Waals surface area contributed by atoms with E-state index in [1.807, 2.05) is 60.7 Å². The molecule has 0 spiro atoms. The molecule has 0 aliphatic rings. The fourth-order valence-corrected chi connectivity index (χ4v) is 3.21. The van der Waals surface area contributed by atoms with E-state index < -0.39 is 4.92 Å². The Kier molecular flexibility index (Phi) is 5.07. The van der Waals surface area contributed by atoms with Gasteiger partial charge in [-0.3, -0.25) is 14.9 Å². The lowest BCUT2D eigenvalue weighted by Gasteiger charge is -2.14. The van der Waals surface area contributed by atoms with Crippen molar-refractivity contribution in [3.63, 3.8) is 0 Å². The Labute approximate surface area is 166 Å². The number of non-ortho nitro benzene ring substituents is 1. The van der Waals surface area contributed by atoms with E-state index in [0.717, 1.165) is 11.1 Å². The van der Waals surface area contributed by atoms with Gasteiger partial charge in [0.2, 0.25) is 0 Å². The number of pyridine rings is 1. The molecule has 0 fully saturated rings. The largest absolute Gasteiger partial charge is 0.483 e. The average Bonchev–Trinajstić information content (AvgIpc) is 2.75. The fourth-order valence-electron chi connectivity index (χ4n) is 3.21. The Bertz CT molecular complexity index is 1220. The molecule has 6 heteroatoms. The predicted molar refractivity (Wildman–Crippen MR) is 111 cm³/mol. The summed E-state index contributed by atoms with van der Waals surface area (Å²) in [6.07, 6.45) is 0. The SMILES string of the molecule is O=c1c(OCc2ccccc2)cc2ccc([N+](=O)[O-])cc2n1Cc1ccccc1. The minimum atomic E-state index is -0.462. The first-order valence-electron chi connectivity index (χ1n) is 9.14. The highest BCUT2D eigenvalue weighted by atomic mass is 16.6. The van der Waals surface area contributed by atoms with Crippen molar-refractivity contribution in [1.82, 2.24) is 4.57 Å². The first-order chi connectivity index (χ1) is 14.1. The number of hydrogen-bond acceptors (Lipinski definition) is 4. The highest BCUT2D eigenvalue weighted by Crippen LogP contribution is 2.24. The monoisotopic (exact) mass is 386 g/mol.